The van der Waals surface area contributed by atoms with E-state index in [1.54, 1.807) is 28.8 Å². The Hall–Kier alpha value is -2.19. The zero-order valence-electron chi connectivity index (χ0n) is 16.3. The van der Waals surface area contributed by atoms with Crippen molar-refractivity contribution in [2.75, 3.05) is 49.1 Å². The average Bonchev–Trinajstić information content (AvgIpc) is 2.74. The van der Waals surface area contributed by atoms with Gasteiger partial charge in [0.1, 0.15) is 18.0 Å². The van der Waals surface area contributed by atoms with Crippen LogP contribution in [0.1, 0.15) is 24.8 Å². The number of piperazine rings is 1. The van der Waals surface area contributed by atoms with E-state index >= 15 is 0 Å². The lowest BCUT2D eigenvalue weighted by Gasteiger charge is -2.35. The van der Waals surface area contributed by atoms with Crippen molar-refractivity contribution in [2.24, 2.45) is 0 Å². The summed E-state index contributed by atoms with van der Waals surface area (Å²) < 4.78 is 27.4. The van der Waals surface area contributed by atoms with Crippen molar-refractivity contribution in [3.63, 3.8) is 0 Å². The van der Waals surface area contributed by atoms with Crippen molar-refractivity contribution in [3.8, 4) is 0 Å². The predicted octanol–water partition coefficient (Wildman–Crippen LogP) is 2.29. The second-order valence-corrected chi connectivity index (χ2v) is 9.43. The van der Waals surface area contributed by atoms with Crippen LogP contribution in [0.15, 0.2) is 41.6 Å². The number of piperidine rings is 1. The fourth-order valence-corrected chi connectivity index (χ4v) is 5.42. The summed E-state index contributed by atoms with van der Waals surface area (Å²) in [6, 6.07) is 9.14. The van der Waals surface area contributed by atoms with Crippen molar-refractivity contribution >= 4 is 21.7 Å². The molecule has 0 saturated carbocycles. The molecule has 0 aliphatic carbocycles. The number of aromatic nitrogens is 2. The summed E-state index contributed by atoms with van der Waals surface area (Å²) >= 11 is 0. The maximum Gasteiger partial charge on any atom is 0.243 e. The first kappa shape index (κ1) is 19.1. The molecule has 4 rings (SSSR count). The molecule has 2 saturated heterocycles. The van der Waals surface area contributed by atoms with E-state index < -0.39 is 10.0 Å². The number of anilines is 2. The van der Waals surface area contributed by atoms with E-state index in [-0.39, 0.29) is 0 Å². The van der Waals surface area contributed by atoms with Crippen LogP contribution in [0.3, 0.4) is 0 Å². The first-order valence-electron chi connectivity index (χ1n) is 9.93. The van der Waals surface area contributed by atoms with Crippen molar-refractivity contribution < 1.29 is 8.42 Å². The normalized spacial score (nSPS) is 19.0. The Balaban J connectivity index is 1.44. The lowest BCUT2D eigenvalue weighted by molar-refractivity contribution is 0.383. The summed E-state index contributed by atoms with van der Waals surface area (Å²) in [7, 11) is -3.45. The van der Waals surface area contributed by atoms with Gasteiger partial charge in [0.05, 0.1) is 4.90 Å². The van der Waals surface area contributed by atoms with E-state index in [1.807, 2.05) is 19.1 Å². The van der Waals surface area contributed by atoms with Gasteiger partial charge in [-0.3, -0.25) is 0 Å². The van der Waals surface area contributed by atoms with Crippen molar-refractivity contribution in [3.05, 3.63) is 42.2 Å². The molecule has 0 N–H and O–H groups in total. The summed E-state index contributed by atoms with van der Waals surface area (Å²) in [5.41, 5.74) is 0.950. The third kappa shape index (κ3) is 3.98. The predicted molar refractivity (Wildman–Crippen MR) is 110 cm³/mol. The van der Waals surface area contributed by atoms with Crippen LogP contribution < -0.4 is 9.80 Å². The van der Waals surface area contributed by atoms with Crippen LogP contribution in [0.5, 0.6) is 0 Å². The number of rotatable bonds is 4. The molecule has 7 nitrogen and oxygen atoms in total. The minimum absolute atomic E-state index is 0.371. The highest BCUT2D eigenvalue weighted by Gasteiger charge is 2.29. The topological polar surface area (TPSA) is 69.6 Å². The molecule has 0 amide bonds. The number of sulfonamides is 1. The van der Waals surface area contributed by atoms with Gasteiger partial charge in [0.25, 0.3) is 0 Å². The molecule has 150 valence electrons. The van der Waals surface area contributed by atoms with Crippen LogP contribution in [0.2, 0.25) is 0 Å². The molecule has 8 heteroatoms. The van der Waals surface area contributed by atoms with Crippen LogP contribution >= 0.6 is 0 Å². The van der Waals surface area contributed by atoms with E-state index in [4.69, 9.17) is 0 Å². The van der Waals surface area contributed by atoms with Gasteiger partial charge in [-0.25, -0.2) is 18.4 Å². The molecule has 0 spiro atoms. The Kier molecular flexibility index (Phi) is 5.50. The number of hydrogen-bond donors (Lipinski definition) is 0. The van der Waals surface area contributed by atoms with Gasteiger partial charge in [-0.05, 0) is 43.9 Å². The van der Waals surface area contributed by atoms with E-state index in [9.17, 15) is 8.42 Å². The first-order valence-corrected chi connectivity index (χ1v) is 11.4. The van der Waals surface area contributed by atoms with E-state index in [1.165, 1.54) is 19.3 Å². The molecule has 0 atom stereocenters. The van der Waals surface area contributed by atoms with E-state index in [0.717, 1.165) is 30.3 Å². The first-order chi connectivity index (χ1) is 13.5. The minimum Gasteiger partial charge on any atom is -0.356 e. The van der Waals surface area contributed by atoms with Crippen LogP contribution in [-0.2, 0) is 10.0 Å². The maximum absolute atomic E-state index is 12.9. The standard InChI is InChI=1S/C20H27N5O2S/c1-17-6-5-7-18(14-17)28(26,27)25-12-10-24(11-13-25)20-15-19(21-16-22-20)23-8-3-2-4-9-23/h5-7,14-16H,2-4,8-13H2,1H3. The summed E-state index contributed by atoms with van der Waals surface area (Å²) in [5, 5.41) is 0. The zero-order valence-corrected chi connectivity index (χ0v) is 17.1. The van der Waals surface area contributed by atoms with Gasteiger partial charge in [0, 0.05) is 45.3 Å². The maximum atomic E-state index is 12.9. The molecular weight excluding hydrogens is 374 g/mol. The molecule has 2 aliphatic heterocycles. The summed E-state index contributed by atoms with van der Waals surface area (Å²) in [4.78, 5) is 13.7. The Morgan fingerprint density at radius 2 is 1.46 bits per heavy atom. The van der Waals surface area contributed by atoms with Gasteiger partial charge in [-0.1, -0.05) is 12.1 Å². The molecule has 0 unspecified atom stereocenters. The van der Waals surface area contributed by atoms with E-state index in [0.29, 0.717) is 31.1 Å². The second kappa shape index (κ2) is 8.05. The summed E-state index contributed by atoms with van der Waals surface area (Å²) in [6.45, 7) is 6.16. The highest BCUT2D eigenvalue weighted by atomic mass is 32.2. The Morgan fingerprint density at radius 3 is 2.11 bits per heavy atom. The third-order valence-electron chi connectivity index (χ3n) is 5.51. The lowest BCUT2D eigenvalue weighted by atomic mass is 10.1. The van der Waals surface area contributed by atoms with Gasteiger partial charge < -0.3 is 9.80 Å². The third-order valence-corrected chi connectivity index (χ3v) is 7.40. The number of hydrogen-bond acceptors (Lipinski definition) is 6. The summed E-state index contributed by atoms with van der Waals surface area (Å²) in [5.74, 6) is 1.85. The van der Waals surface area contributed by atoms with Gasteiger partial charge in [-0.15, -0.1) is 0 Å². The zero-order chi connectivity index (χ0) is 19.6. The van der Waals surface area contributed by atoms with Crippen molar-refractivity contribution in [1.29, 1.82) is 0 Å². The minimum atomic E-state index is -3.45. The molecular formula is C20H27N5O2S. The number of benzene rings is 1. The Morgan fingerprint density at radius 1 is 0.821 bits per heavy atom. The quantitative estimate of drug-likeness (QED) is 0.783. The van der Waals surface area contributed by atoms with Crippen LogP contribution in [0.4, 0.5) is 11.6 Å². The Labute approximate surface area is 167 Å². The van der Waals surface area contributed by atoms with Crippen LogP contribution in [0.25, 0.3) is 0 Å². The van der Waals surface area contributed by atoms with Gasteiger partial charge in [0.2, 0.25) is 10.0 Å². The molecule has 2 aliphatic rings. The fourth-order valence-electron chi connectivity index (χ4n) is 3.89. The lowest BCUT2D eigenvalue weighted by Crippen LogP contribution is -2.49. The molecule has 1 aromatic heterocycles. The van der Waals surface area contributed by atoms with Crippen LogP contribution in [-0.4, -0.2) is 62.0 Å². The largest absolute Gasteiger partial charge is 0.356 e. The molecule has 2 fully saturated rings. The summed E-state index contributed by atoms with van der Waals surface area (Å²) in [6.07, 6.45) is 5.31. The molecule has 0 radical (unpaired) electrons. The number of nitrogens with zero attached hydrogens (tertiary/aromatic N) is 5. The van der Waals surface area contributed by atoms with Gasteiger partial charge in [0.15, 0.2) is 0 Å². The van der Waals surface area contributed by atoms with Crippen molar-refractivity contribution in [2.45, 2.75) is 31.1 Å². The molecule has 2 aromatic rings. The molecule has 28 heavy (non-hydrogen) atoms. The van der Waals surface area contributed by atoms with Gasteiger partial charge >= 0.3 is 0 Å². The van der Waals surface area contributed by atoms with E-state index in [2.05, 4.69) is 19.8 Å². The monoisotopic (exact) mass is 401 g/mol. The van der Waals surface area contributed by atoms with Crippen molar-refractivity contribution in [1.82, 2.24) is 14.3 Å². The molecule has 1 aromatic carbocycles. The second-order valence-electron chi connectivity index (χ2n) is 7.49. The highest BCUT2D eigenvalue weighted by Crippen LogP contribution is 2.24. The molecule has 0 bridgehead atoms. The van der Waals surface area contributed by atoms with Crippen LogP contribution in [0, 0.1) is 6.92 Å². The highest BCUT2D eigenvalue weighted by molar-refractivity contribution is 7.89. The fraction of sp³-hybridized carbons (Fsp3) is 0.500. The van der Waals surface area contributed by atoms with Gasteiger partial charge in [-0.2, -0.15) is 4.31 Å². The smallest absolute Gasteiger partial charge is 0.243 e. The average molecular weight is 402 g/mol. The number of aryl methyl sites for hydroxylation is 1. The molecule has 3 heterocycles. The Bertz CT molecular complexity index is 920. The SMILES string of the molecule is Cc1cccc(S(=O)(=O)N2CCN(c3cc(N4CCCCC4)ncn3)CC2)c1.